The summed E-state index contributed by atoms with van der Waals surface area (Å²) in [5.41, 5.74) is 3.90. The highest BCUT2D eigenvalue weighted by molar-refractivity contribution is 7.89. The highest BCUT2D eigenvalue weighted by atomic mass is 32.2. The number of carbonyl (C=O) groups excluding carboxylic acids is 2. The Balaban J connectivity index is 1.99. The Labute approximate surface area is 147 Å². The minimum Gasteiger partial charge on any atom is -0.351 e. The summed E-state index contributed by atoms with van der Waals surface area (Å²) in [6, 6.07) is 2.31. The number of hydrogen-bond donors (Lipinski definition) is 2. The number of alkyl halides is 3. The maximum Gasteiger partial charge on any atom is 0.416 e. The number of amides is 3. The molecule has 1 saturated heterocycles. The van der Waals surface area contributed by atoms with Crippen molar-refractivity contribution in [3.05, 3.63) is 29.8 Å². The lowest BCUT2D eigenvalue weighted by molar-refractivity contribution is -0.137. The Morgan fingerprint density at radius 1 is 1.08 bits per heavy atom. The molecule has 2 rings (SSSR count). The Kier molecular flexibility index (Phi) is 5.88. The maximum absolute atomic E-state index is 12.6. The van der Waals surface area contributed by atoms with E-state index in [0.29, 0.717) is 0 Å². The van der Waals surface area contributed by atoms with Gasteiger partial charge in [-0.05, 0) is 24.3 Å². The molecule has 0 radical (unpaired) electrons. The second-order valence-corrected chi connectivity index (χ2v) is 7.55. The summed E-state index contributed by atoms with van der Waals surface area (Å²) in [5, 5.41) is 1.91. The third kappa shape index (κ3) is 4.93. The van der Waals surface area contributed by atoms with Crippen molar-refractivity contribution >= 4 is 22.0 Å². The van der Waals surface area contributed by atoms with Crippen LogP contribution in [0.4, 0.5) is 18.0 Å². The summed E-state index contributed by atoms with van der Waals surface area (Å²) in [6.45, 7) is 0.468. The van der Waals surface area contributed by atoms with E-state index in [1.165, 1.54) is 0 Å². The van der Waals surface area contributed by atoms with Gasteiger partial charge in [-0.2, -0.15) is 17.5 Å². The third-order valence-corrected chi connectivity index (χ3v) is 5.69. The van der Waals surface area contributed by atoms with Crippen LogP contribution in [0.5, 0.6) is 0 Å². The predicted octanol–water partition coefficient (Wildman–Crippen LogP) is 0.207. The molecule has 1 heterocycles. The summed E-state index contributed by atoms with van der Waals surface area (Å²) in [7, 11) is -3.93. The van der Waals surface area contributed by atoms with Crippen molar-refractivity contribution in [3.63, 3.8) is 0 Å². The summed E-state index contributed by atoms with van der Waals surface area (Å²) in [5.74, 6) is -0.600. The van der Waals surface area contributed by atoms with Crippen molar-refractivity contribution in [3.8, 4) is 0 Å². The summed E-state index contributed by atoms with van der Waals surface area (Å²) in [4.78, 5) is 23.5. The lowest BCUT2D eigenvalue weighted by Gasteiger charge is -2.33. The van der Waals surface area contributed by atoms with E-state index in [1.54, 1.807) is 4.90 Å². The van der Waals surface area contributed by atoms with Gasteiger partial charge < -0.3 is 5.73 Å². The largest absolute Gasteiger partial charge is 0.416 e. The number of rotatable bonds is 4. The molecule has 3 N–H and O–H groups in total. The number of imide groups is 1. The first-order valence-corrected chi connectivity index (χ1v) is 8.93. The van der Waals surface area contributed by atoms with Crippen LogP contribution in [0, 0.1) is 0 Å². The van der Waals surface area contributed by atoms with Crippen molar-refractivity contribution in [1.82, 2.24) is 14.5 Å². The zero-order valence-corrected chi connectivity index (χ0v) is 14.3. The lowest BCUT2D eigenvalue weighted by atomic mass is 10.2. The number of nitrogens with two attached hydrogens (primary N) is 1. The van der Waals surface area contributed by atoms with Crippen LogP contribution >= 0.6 is 0 Å². The number of hydrogen-bond acceptors (Lipinski definition) is 5. The number of carbonyl (C=O) groups is 2. The topological polar surface area (TPSA) is 113 Å². The van der Waals surface area contributed by atoms with E-state index in [1.807, 2.05) is 5.32 Å². The van der Waals surface area contributed by atoms with Gasteiger partial charge in [0.15, 0.2) is 0 Å². The van der Waals surface area contributed by atoms with Crippen molar-refractivity contribution in [2.75, 3.05) is 32.7 Å². The van der Waals surface area contributed by atoms with Crippen LogP contribution in [0.25, 0.3) is 0 Å². The Hall–Kier alpha value is -2.18. The van der Waals surface area contributed by atoms with Crippen LogP contribution in [0.2, 0.25) is 0 Å². The molecule has 3 amide bonds. The molecule has 1 aromatic carbocycles. The fraction of sp³-hybridized carbons (Fsp3) is 0.429. The van der Waals surface area contributed by atoms with Gasteiger partial charge in [0.1, 0.15) is 0 Å². The average molecular weight is 394 g/mol. The van der Waals surface area contributed by atoms with Gasteiger partial charge in [0.25, 0.3) is 0 Å². The van der Waals surface area contributed by atoms with Crippen molar-refractivity contribution in [1.29, 1.82) is 0 Å². The van der Waals surface area contributed by atoms with Crippen molar-refractivity contribution in [2.24, 2.45) is 5.73 Å². The summed E-state index contributed by atoms with van der Waals surface area (Å²) >= 11 is 0. The molecule has 0 aromatic heterocycles. The number of primary amides is 1. The molecular formula is C14H17F3N4O4S. The number of nitrogens with one attached hydrogen (secondary N) is 1. The van der Waals surface area contributed by atoms with Gasteiger partial charge >= 0.3 is 12.2 Å². The molecule has 0 atom stereocenters. The van der Waals surface area contributed by atoms with Crippen molar-refractivity contribution < 1.29 is 31.2 Å². The van der Waals surface area contributed by atoms with E-state index in [2.05, 4.69) is 0 Å². The standard InChI is InChI=1S/C14H17F3N4O4S/c15-14(16,17)10-1-3-11(4-2-10)26(24,25)21-7-5-20(6-8-21)9-12(22)19-13(18)23/h1-4H,5-9H2,(H3,18,19,22,23). The number of halogens is 3. The lowest BCUT2D eigenvalue weighted by Crippen LogP contribution is -2.51. The molecule has 0 spiro atoms. The molecule has 1 aliphatic heterocycles. The monoisotopic (exact) mass is 394 g/mol. The van der Waals surface area contributed by atoms with Crippen LogP contribution in [0.1, 0.15) is 5.56 Å². The van der Waals surface area contributed by atoms with Gasteiger partial charge in [-0.15, -0.1) is 0 Å². The molecule has 0 unspecified atom stereocenters. The normalized spacial score (nSPS) is 17.0. The maximum atomic E-state index is 12.6. The molecule has 0 bridgehead atoms. The molecule has 1 aromatic rings. The zero-order chi connectivity index (χ0) is 19.5. The number of sulfonamides is 1. The van der Waals surface area contributed by atoms with E-state index >= 15 is 0 Å². The molecule has 0 saturated carbocycles. The second kappa shape index (κ2) is 7.60. The molecule has 26 heavy (non-hydrogen) atoms. The smallest absolute Gasteiger partial charge is 0.351 e. The molecular weight excluding hydrogens is 377 g/mol. The highest BCUT2D eigenvalue weighted by Gasteiger charge is 2.32. The fourth-order valence-corrected chi connectivity index (χ4v) is 3.90. The van der Waals surface area contributed by atoms with Crippen LogP contribution < -0.4 is 11.1 Å². The first-order valence-electron chi connectivity index (χ1n) is 7.49. The number of urea groups is 1. The quantitative estimate of drug-likeness (QED) is 0.758. The summed E-state index contributed by atoms with van der Waals surface area (Å²) in [6.07, 6.45) is -4.54. The first kappa shape index (κ1) is 20.1. The SMILES string of the molecule is NC(=O)NC(=O)CN1CCN(S(=O)(=O)c2ccc(C(F)(F)F)cc2)CC1. The van der Waals surface area contributed by atoms with Crippen LogP contribution in [0.3, 0.4) is 0 Å². The first-order chi connectivity index (χ1) is 12.0. The minimum absolute atomic E-state index is 0.0627. The molecule has 1 aliphatic rings. The number of piperazine rings is 1. The van der Waals surface area contributed by atoms with E-state index in [9.17, 15) is 31.2 Å². The molecule has 1 fully saturated rings. The van der Waals surface area contributed by atoms with Gasteiger partial charge in [0, 0.05) is 26.2 Å². The van der Waals surface area contributed by atoms with Crippen LogP contribution in [0.15, 0.2) is 29.2 Å². The fourth-order valence-electron chi connectivity index (χ4n) is 2.47. The number of benzene rings is 1. The van der Waals surface area contributed by atoms with Gasteiger partial charge in [0.05, 0.1) is 17.0 Å². The number of nitrogens with zero attached hydrogens (tertiary/aromatic N) is 2. The van der Waals surface area contributed by atoms with Gasteiger partial charge in [0.2, 0.25) is 15.9 Å². The molecule has 12 heteroatoms. The Morgan fingerprint density at radius 3 is 2.08 bits per heavy atom. The average Bonchev–Trinajstić information content (AvgIpc) is 2.54. The van der Waals surface area contributed by atoms with Gasteiger partial charge in [-0.3, -0.25) is 15.0 Å². The highest BCUT2D eigenvalue weighted by Crippen LogP contribution is 2.30. The summed E-state index contributed by atoms with van der Waals surface area (Å²) < 4.78 is 63.9. The molecule has 144 valence electrons. The second-order valence-electron chi connectivity index (χ2n) is 5.61. The van der Waals surface area contributed by atoms with Crippen molar-refractivity contribution in [2.45, 2.75) is 11.1 Å². The molecule has 8 nitrogen and oxygen atoms in total. The van der Waals surface area contributed by atoms with E-state index < -0.39 is 33.7 Å². The van der Waals surface area contributed by atoms with Gasteiger partial charge in [-0.25, -0.2) is 13.2 Å². The van der Waals surface area contributed by atoms with Crippen LogP contribution in [-0.4, -0.2) is 62.3 Å². The predicted molar refractivity (Wildman–Crippen MR) is 84.4 cm³/mol. The van der Waals surface area contributed by atoms with E-state index in [0.717, 1.165) is 28.6 Å². The van der Waals surface area contributed by atoms with E-state index in [4.69, 9.17) is 5.73 Å². The Morgan fingerprint density at radius 2 is 1.62 bits per heavy atom. The molecule has 0 aliphatic carbocycles. The minimum atomic E-state index is -4.54. The van der Waals surface area contributed by atoms with Crippen LogP contribution in [-0.2, 0) is 21.0 Å². The third-order valence-electron chi connectivity index (χ3n) is 3.78. The van der Waals surface area contributed by atoms with E-state index in [-0.39, 0.29) is 37.6 Å². The van der Waals surface area contributed by atoms with Gasteiger partial charge in [-0.1, -0.05) is 0 Å². The zero-order valence-electron chi connectivity index (χ0n) is 13.5. The Bertz CT molecular complexity index is 772.